The second-order valence-corrected chi connectivity index (χ2v) is 4.09. The van der Waals surface area contributed by atoms with Crippen LogP contribution in [0.25, 0.3) is 0 Å². The summed E-state index contributed by atoms with van der Waals surface area (Å²) in [4.78, 5) is 0. The molecule has 0 heterocycles. The highest BCUT2D eigenvalue weighted by molar-refractivity contribution is 5.38. The Kier molecular flexibility index (Phi) is 3.34. The predicted molar refractivity (Wildman–Crippen MR) is 60.6 cm³/mol. The predicted octanol–water partition coefficient (Wildman–Crippen LogP) is 3.60. The minimum atomic E-state index is 0.399. The Morgan fingerprint density at radius 1 is 1.21 bits per heavy atom. The van der Waals surface area contributed by atoms with Crippen molar-refractivity contribution in [3.8, 4) is 5.75 Å². The number of benzene rings is 1. The van der Waals surface area contributed by atoms with Crippen molar-refractivity contribution in [1.82, 2.24) is 0 Å². The molecule has 0 atom stereocenters. The van der Waals surface area contributed by atoms with Crippen molar-refractivity contribution in [1.29, 1.82) is 0 Å². The molecule has 1 N–H and O–H groups in total. The number of aryl methyl sites for hydroxylation is 1. The van der Waals surface area contributed by atoms with Crippen LogP contribution in [0.15, 0.2) is 29.3 Å². The van der Waals surface area contributed by atoms with Crippen LogP contribution in [0.2, 0.25) is 0 Å². The van der Waals surface area contributed by atoms with Gasteiger partial charge in [0.2, 0.25) is 0 Å². The van der Waals surface area contributed by atoms with Gasteiger partial charge in [-0.3, -0.25) is 0 Å². The van der Waals surface area contributed by atoms with E-state index in [0.29, 0.717) is 5.75 Å². The van der Waals surface area contributed by atoms with Crippen molar-refractivity contribution in [2.24, 2.45) is 0 Å². The fourth-order valence-corrected chi connectivity index (χ4v) is 1.32. The molecular weight excluding hydrogens is 172 g/mol. The topological polar surface area (TPSA) is 20.2 Å². The van der Waals surface area contributed by atoms with Gasteiger partial charge in [-0.1, -0.05) is 28.8 Å². The number of rotatable bonds is 2. The van der Waals surface area contributed by atoms with Gasteiger partial charge in [-0.25, -0.2) is 0 Å². The maximum absolute atomic E-state index is 9.64. The normalized spacial score (nSPS) is 10.0. The molecule has 0 aliphatic carbocycles. The smallest absolute Gasteiger partial charge is 0.119 e. The van der Waals surface area contributed by atoms with Gasteiger partial charge in [0.05, 0.1) is 0 Å². The first-order valence-corrected chi connectivity index (χ1v) is 4.92. The van der Waals surface area contributed by atoms with Crippen LogP contribution in [0.4, 0.5) is 0 Å². The average molecular weight is 190 g/mol. The van der Waals surface area contributed by atoms with Crippen LogP contribution in [-0.2, 0) is 6.42 Å². The van der Waals surface area contributed by atoms with Crippen molar-refractivity contribution >= 4 is 0 Å². The second-order valence-electron chi connectivity index (χ2n) is 4.09. The molecule has 76 valence electrons. The van der Waals surface area contributed by atoms with Crippen molar-refractivity contribution in [2.75, 3.05) is 0 Å². The highest BCUT2D eigenvalue weighted by Crippen LogP contribution is 2.22. The second kappa shape index (κ2) is 4.32. The van der Waals surface area contributed by atoms with Gasteiger partial charge in [0.15, 0.2) is 0 Å². The van der Waals surface area contributed by atoms with Gasteiger partial charge in [0, 0.05) is 0 Å². The SMILES string of the molecule is CC(C)=C(C)Cc1cc(C)ccc1O. The zero-order chi connectivity index (χ0) is 10.7. The van der Waals surface area contributed by atoms with E-state index in [9.17, 15) is 5.11 Å². The summed E-state index contributed by atoms with van der Waals surface area (Å²) in [5, 5.41) is 9.64. The average Bonchev–Trinajstić information content (AvgIpc) is 2.11. The van der Waals surface area contributed by atoms with Crippen LogP contribution < -0.4 is 0 Å². The fraction of sp³-hybridized carbons (Fsp3) is 0.385. The molecule has 0 fully saturated rings. The zero-order valence-electron chi connectivity index (χ0n) is 9.39. The van der Waals surface area contributed by atoms with Gasteiger partial charge in [-0.15, -0.1) is 0 Å². The van der Waals surface area contributed by atoms with Crippen LogP contribution in [0.3, 0.4) is 0 Å². The molecule has 1 heteroatoms. The number of hydrogen-bond donors (Lipinski definition) is 1. The molecule has 0 amide bonds. The summed E-state index contributed by atoms with van der Waals surface area (Å²) >= 11 is 0. The summed E-state index contributed by atoms with van der Waals surface area (Å²) in [7, 11) is 0. The lowest BCUT2D eigenvalue weighted by molar-refractivity contribution is 0.469. The Bertz CT molecular complexity index is 357. The van der Waals surface area contributed by atoms with Gasteiger partial charge in [0.1, 0.15) is 5.75 Å². The van der Waals surface area contributed by atoms with E-state index in [1.54, 1.807) is 6.07 Å². The van der Waals surface area contributed by atoms with Crippen molar-refractivity contribution in [3.05, 3.63) is 40.5 Å². The highest BCUT2D eigenvalue weighted by Gasteiger charge is 2.02. The van der Waals surface area contributed by atoms with Crippen molar-refractivity contribution in [2.45, 2.75) is 34.1 Å². The zero-order valence-corrected chi connectivity index (χ0v) is 9.39. The molecule has 0 radical (unpaired) electrons. The Morgan fingerprint density at radius 2 is 1.86 bits per heavy atom. The molecule has 0 saturated carbocycles. The summed E-state index contributed by atoms with van der Waals surface area (Å²) in [6.45, 7) is 8.35. The largest absolute Gasteiger partial charge is 0.508 e. The molecule has 14 heavy (non-hydrogen) atoms. The summed E-state index contributed by atoms with van der Waals surface area (Å²) in [6.07, 6.45) is 0.843. The summed E-state index contributed by atoms with van der Waals surface area (Å²) in [5.74, 6) is 0.399. The quantitative estimate of drug-likeness (QED) is 0.706. The minimum absolute atomic E-state index is 0.399. The fourth-order valence-electron chi connectivity index (χ4n) is 1.32. The van der Waals surface area contributed by atoms with Gasteiger partial charge < -0.3 is 5.11 Å². The molecule has 0 saturated heterocycles. The van der Waals surface area contributed by atoms with E-state index >= 15 is 0 Å². The summed E-state index contributed by atoms with van der Waals surface area (Å²) in [6, 6.07) is 5.74. The third kappa shape index (κ3) is 2.63. The van der Waals surface area contributed by atoms with Gasteiger partial charge in [-0.2, -0.15) is 0 Å². The number of aromatic hydroxyl groups is 1. The number of hydrogen-bond acceptors (Lipinski definition) is 1. The maximum Gasteiger partial charge on any atom is 0.119 e. The minimum Gasteiger partial charge on any atom is -0.508 e. The molecule has 0 spiro atoms. The molecule has 0 aliphatic rings. The first-order chi connectivity index (χ1) is 6.50. The third-order valence-electron chi connectivity index (χ3n) is 2.54. The van der Waals surface area contributed by atoms with E-state index in [4.69, 9.17) is 0 Å². The highest BCUT2D eigenvalue weighted by atomic mass is 16.3. The Balaban J connectivity index is 2.97. The molecule has 0 aliphatic heterocycles. The Hall–Kier alpha value is -1.24. The van der Waals surface area contributed by atoms with E-state index in [-0.39, 0.29) is 0 Å². The standard InChI is InChI=1S/C13H18O/c1-9(2)11(4)8-12-7-10(3)5-6-13(12)14/h5-7,14H,8H2,1-4H3. The lowest BCUT2D eigenvalue weighted by atomic mass is 10.0. The molecule has 1 aromatic carbocycles. The van der Waals surface area contributed by atoms with Crippen LogP contribution in [0, 0.1) is 6.92 Å². The van der Waals surface area contributed by atoms with Crippen LogP contribution in [-0.4, -0.2) is 5.11 Å². The first kappa shape index (κ1) is 10.8. The molecule has 0 aromatic heterocycles. The summed E-state index contributed by atoms with van der Waals surface area (Å²) < 4.78 is 0. The number of allylic oxidation sites excluding steroid dienone is 2. The summed E-state index contributed by atoms with van der Waals surface area (Å²) in [5.41, 5.74) is 4.86. The third-order valence-corrected chi connectivity index (χ3v) is 2.54. The Morgan fingerprint density at radius 3 is 2.43 bits per heavy atom. The van der Waals surface area contributed by atoms with Crippen molar-refractivity contribution < 1.29 is 5.11 Å². The number of phenolic OH excluding ortho intramolecular Hbond substituents is 1. The first-order valence-electron chi connectivity index (χ1n) is 4.92. The van der Waals surface area contributed by atoms with E-state index in [1.807, 2.05) is 19.1 Å². The molecule has 0 unspecified atom stereocenters. The maximum atomic E-state index is 9.64. The monoisotopic (exact) mass is 190 g/mol. The van der Waals surface area contributed by atoms with E-state index < -0.39 is 0 Å². The number of phenols is 1. The lowest BCUT2D eigenvalue weighted by Crippen LogP contribution is -1.90. The van der Waals surface area contributed by atoms with Gasteiger partial charge in [0.25, 0.3) is 0 Å². The molecule has 1 nitrogen and oxygen atoms in total. The Labute approximate surface area is 86.1 Å². The van der Waals surface area contributed by atoms with Crippen molar-refractivity contribution in [3.63, 3.8) is 0 Å². The van der Waals surface area contributed by atoms with E-state index in [0.717, 1.165) is 12.0 Å². The van der Waals surface area contributed by atoms with Crippen LogP contribution in [0.5, 0.6) is 5.75 Å². The van der Waals surface area contributed by atoms with Gasteiger partial charge >= 0.3 is 0 Å². The molecule has 0 bridgehead atoms. The van der Waals surface area contributed by atoms with Gasteiger partial charge in [-0.05, 0) is 45.7 Å². The molecular formula is C13H18O. The van der Waals surface area contributed by atoms with E-state index in [2.05, 4.69) is 20.8 Å². The van der Waals surface area contributed by atoms with E-state index in [1.165, 1.54) is 16.7 Å². The molecule has 1 rings (SSSR count). The van der Waals surface area contributed by atoms with Crippen LogP contribution >= 0.6 is 0 Å². The molecule has 1 aromatic rings. The van der Waals surface area contributed by atoms with Crippen LogP contribution in [0.1, 0.15) is 31.9 Å². The lowest BCUT2D eigenvalue weighted by Gasteiger charge is -2.07.